The molecule has 0 bridgehead atoms. The molecule has 0 aliphatic heterocycles. The van der Waals surface area contributed by atoms with Crippen molar-refractivity contribution in [3.8, 4) is 6.07 Å². The third-order valence-corrected chi connectivity index (χ3v) is 6.82. The molecule has 2 aromatic rings. The Balaban J connectivity index is 1.88. The fourth-order valence-corrected chi connectivity index (χ4v) is 4.19. The first kappa shape index (κ1) is 21.2. The van der Waals surface area contributed by atoms with Crippen LogP contribution in [0.1, 0.15) is 37.6 Å². The fourth-order valence-electron chi connectivity index (χ4n) is 3.56. The van der Waals surface area contributed by atoms with Gasteiger partial charge in [0, 0.05) is 25.2 Å². The zero-order chi connectivity index (χ0) is 22.6. The molecule has 0 saturated heterocycles. The Labute approximate surface area is 176 Å². The Kier molecular flexibility index (Phi) is 4.81. The number of pyridine rings is 1. The van der Waals surface area contributed by atoms with E-state index in [2.05, 4.69) is 20.4 Å². The number of fused-ring (bicyclic) bond motifs is 1. The molecule has 0 aromatic carbocycles. The molecule has 0 atom stereocenters. The molecule has 0 spiro atoms. The van der Waals surface area contributed by atoms with Crippen molar-refractivity contribution < 1.29 is 21.6 Å². The molecule has 0 unspecified atom stereocenters. The molecular formula is C20H18F3N5O2S. The van der Waals surface area contributed by atoms with Gasteiger partial charge in [-0.15, -0.1) is 0 Å². The lowest BCUT2D eigenvalue weighted by Gasteiger charge is -2.19. The van der Waals surface area contributed by atoms with Crippen LogP contribution in [0.25, 0.3) is 16.7 Å². The van der Waals surface area contributed by atoms with Crippen LogP contribution >= 0.6 is 0 Å². The first-order chi connectivity index (χ1) is 14.5. The van der Waals surface area contributed by atoms with Crippen molar-refractivity contribution in [1.82, 2.24) is 14.5 Å². The molecule has 11 heteroatoms. The molecule has 0 radical (unpaired) electrons. The molecular weight excluding hydrogens is 431 g/mol. The van der Waals surface area contributed by atoms with E-state index in [9.17, 15) is 26.9 Å². The van der Waals surface area contributed by atoms with E-state index in [-0.39, 0.29) is 34.9 Å². The maximum absolute atomic E-state index is 13.1. The lowest BCUT2D eigenvalue weighted by Crippen LogP contribution is -2.17. The Morgan fingerprint density at radius 3 is 2.61 bits per heavy atom. The highest BCUT2D eigenvalue weighted by atomic mass is 32.2. The summed E-state index contributed by atoms with van der Waals surface area (Å²) in [7, 11) is -2.16. The van der Waals surface area contributed by atoms with Crippen molar-refractivity contribution in [2.75, 3.05) is 5.75 Å². The molecule has 0 amide bonds. The minimum atomic E-state index is -4.56. The number of aromatic nitrogens is 3. The number of imidazole rings is 1. The lowest BCUT2D eigenvalue weighted by molar-refractivity contribution is -0.137. The van der Waals surface area contributed by atoms with E-state index in [1.807, 2.05) is 0 Å². The Morgan fingerprint density at radius 2 is 2.03 bits per heavy atom. The maximum atomic E-state index is 13.1. The molecule has 162 valence electrons. The largest absolute Gasteiger partial charge is 0.417 e. The smallest absolute Gasteiger partial charge is 0.312 e. The van der Waals surface area contributed by atoms with Crippen LogP contribution in [0.5, 0.6) is 0 Å². The number of halogens is 3. The number of hydrogen-bond acceptors (Lipinski definition) is 5. The van der Waals surface area contributed by atoms with Crippen LogP contribution in [-0.4, -0.2) is 34.4 Å². The van der Waals surface area contributed by atoms with Crippen molar-refractivity contribution in [3.63, 3.8) is 0 Å². The summed E-state index contributed by atoms with van der Waals surface area (Å²) in [6.07, 6.45) is 1.12. The number of allylic oxidation sites excluding steroid dienone is 4. The van der Waals surface area contributed by atoms with Gasteiger partial charge >= 0.3 is 6.18 Å². The molecule has 2 aliphatic carbocycles. The molecule has 2 heterocycles. The Bertz CT molecular complexity index is 1320. The molecule has 2 aliphatic rings. The maximum Gasteiger partial charge on any atom is 0.417 e. The predicted octanol–water partition coefficient (Wildman–Crippen LogP) is 3.80. The van der Waals surface area contributed by atoms with Crippen LogP contribution in [-0.2, 0) is 23.2 Å². The number of nitrogens with zero attached hydrogens (tertiary/aromatic N) is 5. The van der Waals surface area contributed by atoms with Crippen LogP contribution in [0.15, 0.2) is 34.4 Å². The molecule has 2 aromatic heterocycles. The highest BCUT2D eigenvalue weighted by molar-refractivity contribution is 7.90. The summed E-state index contributed by atoms with van der Waals surface area (Å²) >= 11 is 0. The van der Waals surface area contributed by atoms with Gasteiger partial charge in [0.05, 0.1) is 28.5 Å². The summed E-state index contributed by atoms with van der Waals surface area (Å²) in [5.41, 5.74) is 0.118. The van der Waals surface area contributed by atoms with Crippen LogP contribution in [0.3, 0.4) is 0 Å². The third-order valence-electron chi connectivity index (χ3n) is 5.59. The van der Waals surface area contributed by atoms with Gasteiger partial charge in [0.25, 0.3) is 10.0 Å². The zero-order valence-electron chi connectivity index (χ0n) is 16.7. The average Bonchev–Trinajstić information content (AvgIpc) is 3.45. The fraction of sp³-hybridized carbons (Fsp3) is 0.400. The summed E-state index contributed by atoms with van der Waals surface area (Å²) in [6.45, 7) is 1.47. The number of sulfonamides is 1. The summed E-state index contributed by atoms with van der Waals surface area (Å²) < 4.78 is 69.1. The number of nitriles is 1. The van der Waals surface area contributed by atoms with Crippen molar-refractivity contribution in [1.29, 1.82) is 5.26 Å². The van der Waals surface area contributed by atoms with E-state index in [1.165, 1.54) is 11.5 Å². The van der Waals surface area contributed by atoms with E-state index in [1.54, 1.807) is 19.2 Å². The van der Waals surface area contributed by atoms with Gasteiger partial charge in [-0.1, -0.05) is 6.08 Å². The van der Waals surface area contributed by atoms with E-state index in [0.717, 1.165) is 17.8 Å². The van der Waals surface area contributed by atoms with Crippen molar-refractivity contribution in [2.24, 2.45) is 16.9 Å². The SMILES string of the molecule is CCS(=O)(=O)N=C1CC(C2(C#N)CC2)=CC=C1c1nc2cc(C(F)(F)F)cnc2n1C. The van der Waals surface area contributed by atoms with Gasteiger partial charge in [-0.05, 0) is 37.5 Å². The lowest BCUT2D eigenvalue weighted by atomic mass is 9.86. The summed E-state index contributed by atoms with van der Waals surface area (Å²) in [5, 5.41) is 9.50. The second-order valence-electron chi connectivity index (χ2n) is 7.61. The molecule has 4 rings (SSSR count). The number of rotatable bonds is 4. The van der Waals surface area contributed by atoms with Crippen LogP contribution in [0.4, 0.5) is 13.2 Å². The number of hydrogen-bond donors (Lipinski definition) is 0. The minimum absolute atomic E-state index is 0.0383. The van der Waals surface area contributed by atoms with Gasteiger partial charge in [0.15, 0.2) is 5.65 Å². The van der Waals surface area contributed by atoms with Gasteiger partial charge in [-0.2, -0.15) is 22.8 Å². The quantitative estimate of drug-likeness (QED) is 0.707. The topological polar surface area (TPSA) is 101 Å². The van der Waals surface area contributed by atoms with Crippen molar-refractivity contribution in [3.05, 3.63) is 41.4 Å². The first-order valence-corrected chi connectivity index (χ1v) is 11.1. The summed E-state index contributed by atoms with van der Waals surface area (Å²) in [6, 6.07) is 3.20. The molecule has 7 nitrogen and oxygen atoms in total. The molecule has 1 fully saturated rings. The minimum Gasteiger partial charge on any atom is -0.312 e. The Hall–Kier alpha value is -3.00. The average molecular weight is 449 g/mol. The third kappa shape index (κ3) is 3.76. The molecule has 31 heavy (non-hydrogen) atoms. The second-order valence-corrected chi connectivity index (χ2v) is 9.53. The van der Waals surface area contributed by atoms with Gasteiger partial charge in [-0.25, -0.2) is 18.4 Å². The number of alkyl halides is 3. The van der Waals surface area contributed by atoms with Crippen LogP contribution in [0, 0.1) is 16.7 Å². The van der Waals surface area contributed by atoms with Gasteiger partial charge in [0.2, 0.25) is 0 Å². The van der Waals surface area contributed by atoms with E-state index in [0.29, 0.717) is 18.4 Å². The normalized spacial score (nSPS) is 19.8. The molecule has 1 saturated carbocycles. The van der Waals surface area contributed by atoms with Crippen LogP contribution < -0.4 is 0 Å². The van der Waals surface area contributed by atoms with Gasteiger partial charge < -0.3 is 4.57 Å². The van der Waals surface area contributed by atoms with Gasteiger partial charge in [0.1, 0.15) is 11.3 Å². The molecule has 0 N–H and O–H groups in total. The Morgan fingerprint density at radius 1 is 1.32 bits per heavy atom. The van der Waals surface area contributed by atoms with Crippen molar-refractivity contribution >= 4 is 32.5 Å². The highest BCUT2D eigenvalue weighted by Crippen LogP contribution is 2.53. The standard InChI is InChI=1S/C20H18F3N5O2S/c1-3-31(29,30)27-15-8-12(19(11-24)6-7-19)4-5-14(15)17-26-16-9-13(20(21,22)23)10-25-18(16)28(17)2/h4-5,9-10H,3,6-8H2,1-2H3. The summed E-state index contributed by atoms with van der Waals surface area (Å²) in [5.74, 6) is 0.0506. The highest BCUT2D eigenvalue weighted by Gasteiger charge is 2.47. The van der Waals surface area contributed by atoms with Crippen molar-refractivity contribution in [2.45, 2.75) is 32.4 Å². The number of aryl methyl sites for hydroxylation is 1. The van der Waals surface area contributed by atoms with E-state index in [4.69, 9.17) is 0 Å². The van der Waals surface area contributed by atoms with E-state index >= 15 is 0 Å². The van der Waals surface area contributed by atoms with E-state index < -0.39 is 27.2 Å². The first-order valence-electron chi connectivity index (χ1n) is 9.54. The monoisotopic (exact) mass is 449 g/mol. The van der Waals surface area contributed by atoms with Gasteiger partial charge in [-0.3, -0.25) is 0 Å². The summed E-state index contributed by atoms with van der Waals surface area (Å²) in [4.78, 5) is 8.19. The predicted molar refractivity (Wildman–Crippen MR) is 108 cm³/mol. The van der Waals surface area contributed by atoms with Crippen LogP contribution in [0.2, 0.25) is 0 Å². The zero-order valence-corrected chi connectivity index (χ0v) is 17.5. The second kappa shape index (κ2) is 7.02.